The molecular formula is C13H18N4O. The van der Waals surface area contributed by atoms with E-state index in [1.807, 2.05) is 50.1 Å². The van der Waals surface area contributed by atoms with Crippen molar-refractivity contribution in [1.82, 2.24) is 9.97 Å². The molecule has 0 aliphatic heterocycles. The van der Waals surface area contributed by atoms with Crippen LogP contribution >= 0.6 is 0 Å². The Balaban J connectivity index is 2.54. The second kappa shape index (κ2) is 4.42. The van der Waals surface area contributed by atoms with Gasteiger partial charge in [0, 0.05) is 7.05 Å². The van der Waals surface area contributed by atoms with Crippen LogP contribution in [0.2, 0.25) is 0 Å². The molecule has 96 valence electrons. The van der Waals surface area contributed by atoms with E-state index >= 15 is 0 Å². The van der Waals surface area contributed by atoms with Crippen LogP contribution in [0, 0.1) is 0 Å². The highest BCUT2D eigenvalue weighted by atomic mass is 16.3. The van der Waals surface area contributed by atoms with Crippen molar-refractivity contribution in [2.75, 3.05) is 24.3 Å². The molecule has 0 fully saturated rings. The number of hydrogen-bond acceptors (Lipinski definition) is 5. The molecule has 5 nitrogen and oxygen atoms in total. The van der Waals surface area contributed by atoms with Gasteiger partial charge < -0.3 is 15.7 Å². The van der Waals surface area contributed by atoms with Crippen LogP contribution in [0.25, 0.3) is 11.0 Å². The van der Waals surface area contributed by atoms with Gasteiger partial charge in [0.1, 0.15) is 0 Å². The Kier molecular flexibility index (Phi) is 3.09. The second-order valence-corrected chi connectivity index (χ2v) is 4.95. The minimum absolute atomic E-state index is 0.0114. The third-order valence-electron chi connectivity index (χ3n) is 3.19. The van der Waals surface area contributed by atoms with Crippen LogP contribution in [0.15, 0.2) is 24.3 Å². The van der Waals surface area contributed by atoms with Crippen LogP contribution in [0.3, 0.4) is 0 Å². The van der Waals surface area contributed by atoms with E-state index in [1.165, 1.54) is 0 Å². The van der Waals surface area contributed by atoms with Crippen molar-refractivity contribution in [3.63, 3.8) is 0 Å². The fraction of sp³-hybridized carbons (Fsp3) is 0.385. The van der Waals surface area contributed by atoms with Crippen molar-refractivity contribution >= 4 is 22.7 Å². The molecule has 0 saturated heterocycles. The van der Waals surface area contributed by atoms with E-state index in [-0.39, 0.29) is 6.61 Å². The van der Waals surface area contributed by atoms with Gasteiger partial charge in [-0.2, -0.15) is 0 Å². The Morgan fingerprint density at radius 2 is 1.78 bits per heavy atom. The van der Waals surface area contributed by atoms with E-state index in [9.17, 15) is 5.11 Å². The molecule has 0 aliphatic rings. The Morgan fingerprint density at radius 1 is 1.22 bits per heavy atom. The molecular weight excluding hydrogens is 228 g/mol. The van der Waals surface area contributed by atoms with Gasteiger partial charge in [-0.15, -0.1) is 0 Å². The molecule has 1 aromatic carbocycles. The van der Waals surface area contributed by atoms with Gasteiger partial charge in [0.25, 0.3) is 0 Å². The van der Waals surface area contributed by atoms with Gasteiger partial charge in [0.05, 0.1) is 23.2 Å². The lowest BCUT2D eigenvalue weighted by molar-refractivity contribution is 0.216. The average molecular weight is 246 g/mol. The summed E-state index contributed by atoms with van der Waals surface area (Å²) in [5, 5.41) is 9.40. The molecule has 0 saturated carbocycles. The average Bonchev–Trinajstić information content (AvgIpc) is 2.37. The third kappa shape index (κ3) is 2.09. The standard InChI is InChI=1S/C13H18N4O/c1-13(2,8-18)17(3)12-11(14)15-9-6-4-5-7-10(9)16-12/h4-7,18H,8H2,1-3H3,(H2,14,15). The lowest BCUT2D eigenvalue weighted by Gasteiger charge is -2.35. The fourth-order valence-corrected chi connectivity index (χ4v) is 1.64. The van der Waals surface area contributed by atoms with Gasteiger partial charge in [0.2, 0.25) is 0 Å². The molecule has 1 aromatic heterocycles. The summed E-state index contributed by atoms with van der Waals surface area (Å²) in [5.74, 6) is 0.963. The highest BCUT2D eigenvalue weighted by Gasteiger charge is 2.25. The van der Waals surface area contributed by atoms with Crippen LogP contribution in [0.4, 0.5) is 11.6 Å². The van der Waals surface area contributed by atoms with Crippen molar-refractivity contribution in [2.45, 2.75) is 19.4 Å². The molecule has 0 radical (unpaired) electrons. The van der Waals surface area contributed by atoms with E-state index in [0.29, 0.717) is 11.6 Å². The highest BCUT2D eigenvalue weighted by molar-refractivity contribution is 5.79. The van der Waals surface area contributed by atoms with E-state index in [0.717, 1.165) is 11.0 Å². The summed E-state index contributed by atoms with van der Waals surface area (Å²) in [5.41, 5.74) is 7.07. The number of aromatic nitrogens is 2. The normalized spacial score (nSPS) is 11.8. The van der Waals surface area contributed by atoms with Gasteiger partial charge in [-0.05, 0) is 26.0 Å². The molecule has 2 aromatic rings. The van der Waals surface area contributed by atoms with Crippen LogP contribution in [-0.2, 0) is 0 Å². The number of nitrogens with zero attached hydrogens (tertiary/aromatic N) is 3. The molecule has 1 heterocycles. The van der Waals surface area contributed by atoms with Gasteiger partial charge >= 0.3 is 0 Å². The quantitative estimate of drug-likeness (QED) is 0.856. The van der Waals surface area contributed by atoms with Gasteiger partial charge in [-0.1, -0.05) is 12.1 Å². The van der Waals surface area contributed by atoms with E-state index in [4.69, 9.17) is 5.73 Å². The predicted octanol–water partition coefficient (Wildman–Crippen LogP) is 1.42. The number of aliphatic hydroxyl groups is 1. The molecule has 0 aliphatic carbocycles. The molecule has 0 bridgehead atoms. The minimum Gasteiger partial charge on any atom is -0.394 e. The van der Waals surface area contributed by atoms with E-state index in [2.05, 4.69) is 9.97 Å². The first-order valence-electron chi connectivity index (χ1n) is 5.82. The van der Waals surface area contributed by atoms with Crippen LogP contribution < -0.4 is 10.6 Å². The van der Waals surface area contributed by atoms with E-state index in [1.54, 1.807) is 0 Å². The van der Waals surface area contributed by atoms with Gasteiger partial charge in [0.15, 0.2) is 11.6 Å². The maximum absolute atomic E-state index is 9.40. The van der Waals surface area contributed by atoms with Crippen molar-refractivity contribution < 1.29 is 5.11 Å². The zero-order valence-corrected chi connectivity index (χ0v) is 10.9. The Hall–Kier alpha value is -1.88. The number of anilines is 2. The molecule has 0 amide bonds. The smallest absolute Gasteiger partial charge is 0.172 e. The lowest BCUT2D eigenvalue weighted by atomic mass is 10.1. The largest absolute Gasteiger partial charge is 0.394 e. The molecule has 2 rings (SSSR count). The molecule has 3 N–H and O–H groups in total. The maximum atomic E-state index is 9.40. The first kappa shape index (κ1) is 12.6. The number of nitrogens with two attached hydrogens (primary N) is 1. The van der Waals surface area contributed by atoms with Crippen molar-refractivity contribution in [3.05, 3.63) is 24.3 Å². The number of likely N-dealkylation sites (N-methyl/N-ethyl adjacent to an activating group) is 1. The zero-order valence-electron chi connectivity index (χ0n) is 10.9. The van der Waals surface area contributed by atoms with Gasteiger partial charge in [-0.3, -0.25) is 0 Å². The molecule has 5 heteroatoms. The third-order valence-corrected chi connectivity index (χ3v) is 3.19. The summed E-state index contributed by atoms with van der Waals surface area (Å²) in [4.78, 5) is 10.7. The number of hydrogen-bond donors (Lipinski definition) is 2. The molecule has 0 spiro atoms. The fourth-order valence-electron chi connectivity index (χ4n) is 1.64. The zero-order chi connectivity index (χ0) is 13.3. The van der Waals surface area contributed by atoms with Crippen LogP contribution in [0.1, 0.15) is 13.8 Å². The minimum atomic E-state index is -0.439. The lowest BCUT2D eigenvalue weighted by Crippen LogP contribution is -2.45. The predicted molar refractivity (Wildman–Crippen MR) is 73.5 cm³/mol. The SMILES string of the molecule is CN(c1nc2ccccc2nc1N)C(C)(C)CO. The summed E-state index contributed by atoms with van der Waals surface area (Å²) in [7, 11) is 1.85. The van der Waals surface area contributed by atoms with Gasteiger partial charge in [-0.25, -0.2) is 9.97 Å². The summed E-state index contributed by atoms with van der Waals surface area (Å²) in [6.07, 6.45) is 0. The van der Waals surface area contributed by atoms with Crippen molar-refractivity contribution in [2.24, 2.45) is 0 Å². The first-order chi connectivity index (χ1) is 8.45. The Labute approximate surface area is 106 Å². The van der Waals surface area contributed by atoms with Crippen molar-refractivity contribution in [3.8, 4) is 0 Å². The number of nitrogen functional groups attached to an aromatic ring is 1. The number of benzene rings is 1. The van der Waals surface area contributed by atoms with Crippen molar-refractivity contribution in [1.29, 1.82) is 0 Å². The number of rotatable bonds is 3. The monoisotopic (exact) mass is 246 g/mol. The molecule has 18 heavy (non-hydrogen) atoms. The topological polar surface area (TPSA) is 75.3 Å². The number of para-hydroxylation sites is 2. The number of fused-ring (bicyclic) bond motifs is 1. The second-order valence-electron chi connectivity index (χ2n) is 4.95. The highest BCUT2D eigenvalue weighted by Crippen LogP contribution is 2.26. The summed E-state index contributed by atoms with van der Waals surface area (Å²) in [6, 6.07) is 7.58. The summed E-state index contributed by atoms with van der Waals surface area (Å²) in [6.45, 7) is 3.85. The molecule has 0 atom stereocenters. The van der Waals surface area contributed by atoms with Crippen LogP contribution in [0.5, 0.6) is 0 Å². The Morgan fingerprint density at radius 3 is 2.33 bits per heavy atom. The first-order valence-corrected chi connectivity index (χ1v) is 5.82. The maximum Gasteiger partial charge on any atom is 0.172 e. The number of aliphatic hydroxyl groups excluding tert-OH is 1. The van der Waals surface area contributed by atoms with E-state index < -0.39 is 5.54 Å². The summed E-state index contributed by atoms with van der Waals surface area (Å²) >= 11 is 0. The Bertz CT molecular complexity index is 568. The van der Waals surface area contributed by atoms with Crippen LogP contribution in [-0.4, -0.2) is 34.3 Å². The molecule has 0 unspecified atom stereocenters. The summed E-state index contributed by atoms with van der Waals surface area (Å²) < 4.78 is 0.